The molecule has 0 atom stereocenters. The van der Waals surface area contributed by atoms with E-state index in [0.29, 0.717) is 0 Å². The van der Waals surface area contributed by atoms with Crippen LogP contribution in [0.15, 0.2) is 190 Å². The fourth-order valence-corrected chi connectivity index (χ4v) is 14.0. The minimum absolute atomic E-state index is 0. The monoisotopic (exact) mass is 1030 g/mol. The number of nitrogens with zero attached hydrogens (tertiary/aromatic N) is 1. The molecule has 1 aliphatic rings. The van der Waals surface area contributed by atoms with Gasteiger partial charge in [0.2, 0.25) is 0 Å². The van der Waals surface area contributed by atoms with Gasteiger partial charge in [-0.1, -0.05) is 170 Å². The molecular weight excluding hydrogens is 977 g/mol. The SMILES string of the molecule is CN(C)p1oc2c(P(c3ccccc3)c3ccccc3)cc3ccccc3c2c2c(o1)c(P(c1ccccc1)c1ccccc1)cc1ccccc12.F[B-](F)(F)F.[CH]1[CH]CC[CH][CH]CC1.[Rh]. The van der Waals surface area contributed by atoms with Gasteiger partial charge in [0.25, 0.3) is 0 Å². The minimum atomic E-state index is -6.00. The zero-order valence-electron chi connectivity index (χ0n) is 36.5. The number of rotatable bonds is 7. The maximum Gasteiger partial charge on any atom is 0.673 e. The summed E-state index contributed by atoms with van der Waals surface area (Å²) in [6, 6.07) is 66.0. The molecule has 66 heavy (non-hydrogen) atoms. The molecule has 1 aromatic heterocycles. The predicted octanol–water partition coefficient (Wildman–Crippen LogP) is 14.0. The number of hydrogen-bond acceptors (Lipinski definition) is 3. The summed E-state index contributed by atoms with van der Waals surface area (Å²) in [7, 11) is -5.41. The van der Waals surface area contributed by atoms with Crippen LogP contribution in [0.4, 0.5) is 17.3 Å². The summed E-state index contributed by atoms with van der Waals surface area (Å²) < 4.78 is 55.8. The van der Waals surface area contributed by atoms with E-state index in [0.717, 1.165) is 32.7 Å². The van der Waals surface area contributed by atoms with Crippen molar-refractivity contribution in [2.45, 2.75) is 25.7 Å². The molecule has 1 saturated carbocycles. The van der Waals surface area contributed by atoms with E-state index >= 15 is 0 Å². The van der Waals surface area contributed by atoms with Gasteiger partial charge in [0.05, 0.1) is 0 Å². The molecule has 10 rings (SSSR count). The van der Waals surface area contributed by atoms with Crippen molar-refractivity contribution >= 4 is 107 Å². The van der Waals surface area contributed by atoms with E-state index in [1.165, 1.54) is 68.3 Å². The fraction of sp³-hybridized carbons (Fsp3) is 0.111. The second-order valence-corrected chi connectivity index (χ2v) is 21.5. The summed E-state index contributed by atoms with van der Waals surface area (Å²) in [6.07, 6.45) is 14.0. The Balaban J connectivity index is 0.000000404. The van der Waals surface area contributed by atoms with E-state index in [1.54, 1.807) is 0 Å². The minimum Gasteiger partial charge on any atom is -0.418 e. The fourth-order valence-electron chi connectivity index (χ4n) is 8.00. The Labute approximate surface area is 401 Å². The van der Waals surface area contributed by atoms with E-state index in [9.17, 15) is 17.3 Å². The summed E-state index contributed by atoms with van der Waals surface area (Å²) >= 11 is 0. The van der Waals surface area contributed by atoms with Crippen molar-refractivity contribution in [2.24, 2.45) is 0 Å². The smallest absolute Gasteiger partial charge is 0.418 e. The van der Waals surface area contributed by atoms with E-state index in [2.05, 4.69) is 226 Å². The van der Waals surface area contributed by atoms with Gasteiger partial charge in [0.15, 0.2) is 11.2 Å². The molecule has 12 heteroatoms. The summed E-state index contributed by atoms with van der Waals surface area (Å²) in [4.78, 5) is 0. The van der Waals surface area contributed by atoms with Gasteiger partial charge in [-0.2, -0.15) is 0 Å². The molecule has 9 aromatic rings. The molecule has 1 aliphatic carbocycles. The van der Waals surface area contributed by atoms with Gasteiger partial charge >= 0.3 is 15.4 Å². The second kappa shape index (κ2) is 23.4. The Kier molecular flexibility index (Phi) is 17.5. The normalized spacial score (nSPS) is 13.1. The van der Waals surface area contributed by atoms with Crippen LogP contribution in [0.5, 0.6) is 0 Å². The Morgan fingerprint density at radius 2 is 0.712 bits per heavy atom. The van der Waals surface area contributed by atoms with Crippen LogP contribution in [0.25, 0.3) is 43.5 Å². The first-order valence-corrected chi connectivity index (χ1v) is 25.4. The Bertz CT molecular complexity index is 2710. The van der Waals surface area contributed by atoms with Gasteiger partial charge in [0, 0.05) is 55.0 Å². The first-order valence-electron chi connectivity index (χ1n) is 21.6. The van der Waals surface area contributed by atoms with Crippen molar-refractivity contribution in [1.82, 2.24) is 0 Å². The largest absolute Gasteiger partial charge is 0.673 e. The third-order valence-electron chi connectivity index (χ3n) is 10.8. The predicted molar refractivity (Wildman–Crippen MR) is 275 cm³/mol. The zero-order chi connectivity index (χ0) is 45.2. The quantitative estimate of drug-likeness (QED) is 0.0905. The first-order chi connectivity index (χ1) is 31.7. The molecular formula is C54H48BF4NO2P3Rh-. The molecule has 337 valence electrons. The van der Waals surface area contributed by atoms with E-state index in [-0.39, 0.29) is 19.5 Å². The van der Waals surface area contributed by atoms with Crippen molar-refractivity contribution < 1.29 is 45.1 Å². The van der Waals surface area contributed by atoms with Crippen LogP contribution in [0.1, 0.15) is 25.7 Å². The standard InChI is InChI=1S/C46H36NO2P3.C8H12.BF4.Rh/c1-47(2)52-48-45-41(50(35-21-7-3-8-22-35)36-23-9-4-10-24-36)31-33-19-15-17-29-39(33)43(45)44-40-30-18-16-20-34(40)32-42(46(44)49-52)51(37-25-11-5-12-26-37)38-27-13-6-14-28-38;1-2-4-6-8-7-5-3-1;2-1(3,4)5;/h3-32H,1-2H3;1-2,7-8H,3-6H2;;/q;;-1;. The van der Waals surface area contributed by atoms with Gasteiger partial charge in [-0.3, -0.25) is 0 Å². The molecule has 0 N–H and O–H groups in total. The summed E-state index contributed by atoms with van der Waals surface area (Å²) in [5.74, 6) is 0. The molecule has 0 amide bonds. The van der Waals surface area contributed by atoms with Crippen molar-refractivity contribution in [3.8, 4) is 0 Å². The van der Waals surface area contributed by atoms with Crippen LogP contribution in [0.2, 0.25) is 0 Å². The molecule has 0 bridgehead atoms. The number of hydrogen-bond donors (Lipinski definition) is 0. The van der Waals surface area contributed by atoms with Crippen LogP contribution in [0, 0.1) is 25.7 Å². The first kappa shape index (κ1) is 49.3. The van der Waals surface area contributed by atoms with Crippen molar-refractivity contribution in [1.29, 1.82) is 0 Å². The number of benzene rings is 8. The van der Waals surface area contributed by atoms with Gasteiger partial charge in [0.1, 0.15) is 0 Å². The van der Waals surface area contributed by atoms with Gasteiger partial charge in [-0.25, -0.2) is 4.67 Å². The maximum atomic E-state index is 9.75. The molecule has 0 aliphatic heterocycles. The van der Waals surface area contributed by atoms with Crippen molar-refractivity contribution in [3.05, 3.63) is 208 Å². The maximum absolute atomic E-state index is 9.75. The van der Waals surface area contributed by atoms with E-state index < -0.39 is 31.3 Å². The molecule has 1 fully saturated rings. The number of fused-ring (bicyclic) bond motifs is 7. The molecule has 5 radical (unpaired) electrons. The van der Waals surface area contributed by atoms with E-state index in [4.69, 9.17) is 8.39 Å². The van der Waals surface area contributed by atoms with Crippen molar-refractivity contribution in [3.63, 3.8) is 0 Å². The third-order valence-corrected chi connectivity index (χ3v) is 17.0. The van der Waals surface area contributed by atoms with E-state index in [1.807, 2.05) is 0 Å². The van der Waals surface area contributed by atoms with Gasteiger partial charge < -0.3 is 25.7 Å². The van der Waals surface area contributed by atoms with Crippen LogP contribution in [-0.4, -0.2) is 21.3 Å². The van der Waals surface area contributed by atoms with Crippen LogP contribution < -0.4 is 36.5 Å². The Hall–Kier alpha value is -4.59. The Morgan fingerprint density at radius 1 is 0.439 bits per heavy atom. The molecule has 1 heterocycles. The molecule has 0 saturated heterocycles. The van der Waals surface area contributed by atoms with Crippen LogP contribution in [-0.2, 0) is 19.5 Å². The Morgan fingerprint density at radius 3 is 1.00 bits per heavy atom. The molecule has 3 nitrogen and oxygen atoms in total. The van der Waals surface area contributed by atoms with Gasteiger partial charge in [-0.05, 0) is 122 Å². The van der Waals surface area contributed by atoms with Crippen molar-refractivity contribution in [2.75, 3.05) is 18.8 Å². The molecule has 0 spiro atoms. The summed E-state index contributed by atoms with van der Waals surface area (Å²) in [6.45, 7) is 0. The topological polar surface area (TPSA) is 29.5 Å². The second-order valence-electron chi connectivity index (χ2n) is 15.5. The third kappa shape index (κ3) is 12.1. The average molecular weight is 1030 g/mol. The zero-order valence-corrected chi connectivity index (χ0v) is 40.8. The van der Waals surface area contributed by atoms with Crippen LogP contribution >= 0.6 is 24.0 Å². The number of halogens is 4. The summed E-state index contributed by atoms with van der Waals surface area (Å²) in [5.41, 5.74) is 1.81. The molecule has 0 unspecified atom stereocenters. The molecule has 8 aromatic carbocycles. The average Bonchev–Trinajstić information content (AvgIpc) is 3.49. The van der Waals surface area contributed by atoms with Gasteiger partial charge in [-0.15, -0.1) is 0 Å². The van der Waals surface area contributed by atoms with Crippen LogP contribution in [0.3, 0.4) is 0 Å². The summed E-state index contributed by atoms with van der Waals surface area (Å²) in [5, 5.41) is 14.4.